The third-order valence-electron chi connectivity index (χ3n) is 4.16. The van der Waals surface area contributed by atoms with Gasteiger partial charge in [-0.2, -0.15) is 5.10 Å². The van der Waals surface area contributed by atoms with E-state index >= 15 is 0 Å². The highest BCUT2D eigenvalue weighted by Crippen LogP contribution is 2.27. The Hall–Kier alpha value is -1.62. The molecule has 2 aromatic rings. The van der Waals surface area contributed by atoms with Gasteiger partial charge in [0.05, 0.1) is 0 Å². The van der Waals surface area contributed by atoms with Crippen molar-refractivity contribution in [3.8, 4) is 0 Å². The van der Waals surface area contributed by atoms with Gasteiger partial charge < -0.3 is 5.32 Å². The zero-order valence-electron chi connectivity index (χ0n) is 12.1. The maximum Gasteiger partial charge on any atom is 0.220 e. The fraction of sp³-hybridized carbons (Fsp3) is 0.500. The van der Waals surface area contributed by atoms with Gasteiger partial charge in [0.25, 0.3) is 0 Å². The largest absolute Gasteiger partial charge is 0.354 e. The third kappa shape index (κ3) is 3.73. The topological polar surface area (TPSA) is 46.9 Å². The van der Waals surface area contributed by atoms with Crippen molar-refractivity contribution in [1.29, 1.82) is 0 Å². The second kappa shape index (κ2) is 6.89. The highest BCUT2D eigenvalue weighted by molar-refractivity contribution is 7.10. The number of amides is 1. The molecule has 112 valence electrons. The molecule has 0 radical (unpaired) electrons. The van der Waals surface area contributed by atoms with Crippen molar-refractivity contribution in [3.63, 3.8) is 0 Å². The van der Waals surface area contributed by atoms with Crippen LogP contribution in [0.1, 0.15) is 43.0 Å². The average Bonchev–Trinajstić information content (AvgIpc) is 3.23. The predicted octanol–water partition coefficient (Wildman–Crippen LogP) is 3.23. The molecule has 0 spiro atoms. The molecule has 4 nitrogen and oxygen atoms in total. The van der Waals surface area contributed by atoms with Crippen LogP contribution >= 0.6 is 11.3 Å². The average molecular weight is 303 g/mol. The fourth-order valence-electron chi connectivity index (χ4n) is 3.03. The van der Waals surface area contributed by atoms with Crippen LogP contribution < -0.4 is 5.32 Å². The molecule has 1 unspecified atom stereocenters. The maximum atomic E-state index is 12.1. The van der Waals surface area contributed by atoms with Crippen molar-refractivity contribution in [1.82, 2.24) is 15.1 Å². The van der Waals surface area contributed by atoms with E-state index in [1.807, 2.05) is 23.0 Å². The minimum atomic E-state index is 0.0903. The van der Waals surface area contributed by atoms with Crippen molar-refractivity contribution < 1.29 is 4.79 Å². The summed E-state index contributed by atoms with van der Waals surface area (Å²) in [5, 5.41) is 9.48. The van der Waals surface area contributed by atoms with E-state index in [4.69, 9.17) is 0 Å². The SMILES string of the molecule is O=C(CC1CCCC1)NCC(c1cccs1)n1cccn1. The molecule has 1 aliphatic carbocycles. The molecular formula is C16H21N3OS. The zero-order chi connectivity index (χ0) is 14.5. The summed E-state index contributed by atoms with van der Waals surface area (Å²) >= 11 is 1.70. The summed E-state index contributed by atoms with van der Waals surface area (Å²) in [6.45, 7) is 0.605. The molecule has 2 aromatic heterocycles. The lowest BCUT2D eigenvalue weighted by molar-refractivity contribution is -0.122. The van der Waals surface area contributed by atoms with Crippen molar-refractivity contribution in [2.45, 2.75) is 38.1 Å². The van der Waals surface area contributed by atoms with E-state index in [1.54, 1.807) is 17.5 Å². The van der Waals surface area contributed by atoms with E-state index in [0.717, 1.165) is 0 Å². The van der Waals surface area contributed by atoms with Crippen LogP contribution in [0.3, 0.4) is 0 Å². The molecule has 0 aliphatic heterocycles. The smallest absolute Gasteiger partial charge is 0.220 e. The van der Waals surface area contributed by atoms with Gasteiger partial charge in [0.2, 0.25) is 5.91 Å². The van der Waals surface area contributed by atoms with Crippen LogP contribution in [-0.2, 0) is 4.79 Å². The Bertz CT molecular complexity index is 510. The summed E-state index contributed by atoms with van der Waals surface area (Å²) in [6.07, 6.45) is 9.39. The maximum absolute atomic E-state index is 12.1. The normalized spacial score (nSPS) is 17.0. The Morgan fingerprint density at radius 2 is 2.29 bits per heavy atom. The van der Waals surface area contributed by atoms with E-state index < -0.39 is 0 Å². The van der Waals surface area contributed by atoms with Gasteiger partial charge in [0, 0.05) is 30.2 Å². The Morgan fingerprint density at radius 1 is 1.43 bits per heavy atom. The first-order valence-corrected chi connectivity index (χ1v) is 8.50. The lowest BCUT2D eigenvalue weighted by Gasteiger charge is -2.18. The number of carbonyl (C=O) groups is 1. The Kier molecular flexibility index (Phi) is 4.70. The molecular weight excluding hydrogens is 282 g/mol. The number of thiophene rings is 1. The van der Waals surface area contributed by atoms with Crippen molar-refractivity contribution >= 4 is 17.2 Å². The van der Waals surface area contributed by atoms with Crippen molar-refractivity contribution in [2.24, 2.45) is 5.92 Å². The van der Waals surface area contributed by atoms with Crippen LogP contribution in [0.2, 0.25) is 0 Å². The van der Waals surface area contributed by atoms with Crippen LogP contribution in [-0.4, -0.2) is 22.2 Å². The molecule has 1 amide bonds. The van der Waals surface area contributed by atoms with E-state index in [9.17, 15) is 4.79 Å². The molecule has 1 saturated carbocycles. The Morgan fingerprint density at radius 3 is 2.95 bits per heavy atom. The summed E-state index contributed by atoms with van der Waals surface area (Å²) < 4.78 is 1.92. The van der Waals surface area contributed by atoms with Crippen LogP contribution in [0.4, 0.5) is 0 Å². The molecule has 5 heteroatoms. The van der Waals surface area contributed by atoms with E-state index in [2.05, 4.69) is 21.9 Å². The van der Waals surface area contributed by atoms with Crippen molar-refractivity contribution in [2.75, 3.05) is 6.54 Å². The number of hydrogen-bond acceptors (Lipinski definition) is 3. The lowest BCUT2D eigenvalue weighted by Crippen LogP contribution is -2.32. The van der Waals surface area contributed by atoms with Crippen LogP contribution in [0.15, 0.2) is 36.0 Å². The predicted molar refractivity (Wildman–Crippen MR) is 84.3 cm³/mol. The van der Waals surface area contributed by atoms with Gasteiger partial charge >= 0.3 is 0 Å². The van der Waals surface area contributed by atoms with Gasteiger partial charge in [-0.1, -0.05) is 18.9 Å². The van der Waals surface area contributed by atoms with Crippen molar-refractivity contribution in [3.05, 3.63) is 40.8 Å². The number of carbonyl (C=O) groups excluding carboxylic acids is 1. The number of nitrogens with one attached hydrogen (secondary N) is 1. The first kappa shape index (κ1) is 14.3. The van der Waals surface area contributed by atoms with Gasteiger partial charge in [-0.15, -0.1) is 11.3 Å². The second-order valence-electron chi connectivity index (χ2n) is 5.68. The molecule has 2 heterocycles. The van der Waals surface area contributed by atoms with Crippen LogP contribution in [0.25, 0.3) is 0 Å². The number of rotatable bonds is 6. The zero-order valence-corrected chi connectivity index (χ0v) is 12.9. The van der Waals surface area contributed by atoms with E-state index in [1.165, 1.54) is 30.6 Å². The molecule has 0 saturated heterocycles. The summed E-state index contributed by atoms with van der Waals surface area (Å²) in [5.74, 6) is 0.769. The summed E-state index contributed by atoms with van der Waals surface area (Å²) in [7, 11) is 0. The highest BCUT2D eigenvalue weighted by Gasteiger charge is 2.20. The van der Waals surface area contributed by atoms with E-state index in [-0.39, 0.29) is 11.9 Å². The molecule has 0 aromatic carbocycles. The fourth-order valence-corrected chi connectivity index (χ4v) is 3.85. The van der Waals surface area contributed by atoms with Crippen LogP contribution in [0, 0.1) is 5.92 Å². The number of hydrogen-bond donors (Lipinski definition) is 1. The second-order valence-corrected chi connectivity index (χ2v) is 6.66. The molecule has 1 fully saturated rings. The molecule has 0 bridgehead atoms. The lowest BCUT2D eigenvalue weighted by atomic mass is 10.0. The van der Waals surface area contributed by atoms with Gasteiger partial charge in [-0.25, -0.2) is 0 Å². The quantitative estimate of drug-likeness (QED) is 0.890. The monoisotopic (exact) mass is 303 g/mol. The third-order valence-corrected chi connectivity index (χ3v) is 5.13. The Labute approximate surface area is 129 Å². The van der Waals surface area contributed by atoms with Crippen LogP contribution in [0.5, 0.6) is 0 Å². The summed E-state index contributed by atoms with van der Waals surface area (Å²) in [5.41, 5.74) is 0. The highest BCUT2D eigenvalue weighted by atomic mass is 32.1. The molecule has 21 heavy (non-hydrogen) atoms. The molecule has 1 aliphatic rings. The summed E-state index contributed by atoms with van der Waals surface area (Å²) in [6, 6.07) is 6.14. The first-order valence-electron chi connectivity index (χ1n) is 7.62. The van der Waals surface area contributed by atoms with Gasteiger partial charge in [0.1, 0.15) is 6.04 Å². The first-order chi connectivity index (χ1) is 10.3. The standard InChI is InChI=1S/C16H21N3OS/c20-16(11-13-5-1-2-6-13)17-12-14(15-7-3-10-21-15)19-9-4-8-18-19/h3-4,7-10,13-14H,1-2,5-6,11-12H2,(H,17,20). The molecule has 1 N–H and O–H groups in total. The molecule has 1 atom stereocenters. The number of aromatic nitrogens is 2. The van der Waals surface area contributed by atoms with Gasteiger partial charge in [-0.05, 0) is 36.3 Å². The molecule has 3 rings (SSSR count). The summed E-state index contributed by atoms with van der Waals surface area (Å²) in [4.78, 5) is 13.3. The Balaban J connectivity index is 1.58. The van der Waals surface area contributed by atoms with E-state index in [0.29, 0.717) is 18.9 Å². The number of nitrogens with zero attached hydrogens (tertiary/aromatic N) is 2. The van der Waals surface area contributed by atoms with Gasteiger partial charge in [0.15, 0.2) is 0 Å². The minimum Gasteiger partial charge on any atom is -0.354 e. The minimum absolute atomic E-state index is 0.0903. The van der Waals surface area contributed by atoms with Gasteiger partial charge in [-0.3, -0.25) is 9.48 Å².